The second-order valence-electron chi connectivity index (χ2n) is 5.12. The van der Waals surface area contributed by atoms with Crippen molar-refractivity contribution in [2.45, 2.75) is 25.3 Å². The van der Waals surface area contributed by atoms with E-state index in [0.29, 0.717) is 18.5 Å². The van der Waals surface area contributed by atoms with Crippen LogP contribution in [-0.2, 0) is 14.4 Å². The van der Waals surface area contributed by atoms with E-state index in [0.717, 1.165) is 0 Å². The number of hydrogen-bond acceptors (Lipinski definition) is 6. The van der Waals surface area contributed by atoms with Gasteiger partial charge < -0.3 is 26.9 Å². The highest BCUT2D eigenvalue weighted by molar-refractivity contribution is 5.85. The molecule has 0 saturated carbocycles. The lowest BCUT2D eigenvalue weighted by molar-refractivity contribution is -0.138. The Kier molecular flexibility index (Phi) is 9.05. The minimum Gasteiger partial charge on any atom is -0.481 e. The molecule has 1 atom stereocenters. The fourth-order valence-electron chi connectivity index (χ4n) is 1.99. The van der Waals surface area contributed by atoms with Crippen LogP contribution in [0.25, 0.3) is 0 Å². The lowest BCUT2D eigenvalue weighted by atomic mass is 10.1. The summed E-state index contributed by atoms with van der Waals surface area (Å²) in [6, 6.07) is 2.62. The number of carbonyl (C=O) groups excluding carboxylic acids is 2. The van der Waals surface area contributed by atoms with E-state index < -0.39 is 17.9 Å². The van der Waals surface area contributed by atoms with Crippen LogP contribution in [0.2, 0.25) is 0 Å². The lowest BCUT2D eigenvalue weighted by Gasteiger charge is -2.17. The number of aliphatic carboxylic acids is 1. The fraction of sp³-hybridized carbons (Fsp3) is 0.400. The molecule has 0 spiro atoms. The van der Waals surface area contributed by atoms with E-state index in [1.165, 1.54) is 12.5 Å². The highest BCUT2D eigenvalue weighted by atomic mass is 16.4. The number of hydrazone groups is 1. The van der Waals surface area contributed by atoms with Gasteiger partial charge in [0.15, 0.2) is 0 Å². The van der Waals surface area contributed by atoms with Crippen LogP contribution in [0.3, 0.4) is 0 Å². The number of rotatable bonds is 11. The van der Waals surface area contributed by atoms with Crippen LogP contribution >= 0.6 is 0 Å². The maximum atomic E-state index is 11.9. The largest absolute Gasteiger partial charge is 0.481 e. The smallest absolute Gasteiger partial charge is 0.305 e. The molecule has 0 aliphatic carbocycles. The molecule has 10 nitrogen and oxygen atoms in total. The van der Waals surface area contributed by atoms with Crippen molar-refractivity contribution >= 4 is 24.1 Å². The van der Waals surface area contributed by atoms with Crippen LogP contribution < -0.4 is 21.8 Å². The molecule has 0 fully saturated rings. The lowest BCUT2D eigenvalue weighted by Crippen LogP contribution is -2.39. The Morgan fingerprint density at radius 3 is 2.80 bits per heavy atom. The first kappa shape index (κ1) is 19.9. The van der Waals surface area contributed by atoms with E-state index >= 15 is 0 Å². The second kappa shape index (κ2) is 11.4. The molecule has 25 heavy (non-hydrogen) atoms. The van der Waals surface area contributed by atoms with Crippen LogP contribution in [-0.4, -0.2) is 47.3 Å². The molecule has 0 aliphatic heterocycles. The number of carboxylic acids is 1. The summed E-state index contributed by atoms with van der Waals surface area (Å²) in [5.41, 5.74) is 0.581. The third kappa shape index (κ3) is 8.89. The van der Waals surface area contributed by atoms with Crippen LogP contribution in [0.4, 0.5) is 0 Å². The molecule has 6 N–H and O–H groups in total. The summed E-state index contributed by atoms with van der Waals surface area (Å²) in [4.78, 5) is 38.4. The molecule has 0 aliphatic rings. The second-order valence-corrected chi connectivity index (χ2v) is 5.12. The van der Waals surface area contributed by atoms with Gasteiger partial charge in [0.1, 0.15) is 6.34 Å². The summed E-state index contributed by atoms with van der Waals surface area (Å²) >= 11 is 0. The van der Waals surface area contributed by atoms with Crippen LogP contribution in [0, 0.1) is 0 Å². The monoisotopic (exact) mass is 350 g/mol. The Hall–Kier alpha value is -3.17. The molecular formula is C15H22N6O4. The van der Waals surface area contributed by atoms with Crippen molar-refractivity contribution in [1.82, 2.24) is 20.9 Å². The third-order valence-electron chi connectivity index (χ3n) is 3.14. The first-order chi connectivity index (χ1) is 12.0. The standard InChI is InChI=1S/C15H22N6O4/c16-20-10-18-6-2-4-13(22)19-9-14(23)21-12(7-15(24)25)11-3-1-5-17-8-11/h1,3,5,8,10,12H,2,4,6-7,9,16H2,(H,18,20)(H,19,22)(H,21,23)(H,24,25). The normalized spacial score (nSPS) is 11.7. The summed E-state index contributed by atoms with van der Waals surface area (Å²) in [5.74, 6) is 3.10. The zero-order valence-corrected chi connectivity index (χ0v) is 13.6. The predicted molar refractivity (Wildman–Crippen MR) is 90.3 cm³/mol. The highest BCUT2D eigenvalue weighted by Gasteiger charge is 2.18. The van der Waals surface area contributed by atoms with Crippen LogP contribution in [0.5, 0.6) is 0 Å². The van der Waals surface area contributed by atoms with Gasteiger partial charge in [-0.3, -0.25) is 19.4 Å². The van der Waals surface area contributed by atoms with Gasteiger partial charge in [0.05, 0.1) is 19.0 Å². The predicted octanol–water partition coefficient (Wildman–Crippen LogP) is -0.898. The average Bonchev–Trinajstić information content (AvgIpc) is 2.59. The Morgan fingerprint density at radius 2 is 2.16 bits per heavy atom. The van der Waals surface area contributed by atoms with E-state index in [1.807, 2.05) is 0 Å². The van der Waals surface area contributed by atoms with Crippen LogP contribution in [0.1, 0.15) is 30.9 Å². The minimum atomic E-state index is -1.05. The molecule has 1 heterocycles. The summed E-state index contributed by atoms with van der Waals surface area (Å²) in [6.07, 6.45) is 4.88. The number of nitrogens with one attached hydrogen (secondary N) is 3. The molecule has 136 valence electrons. The molecule has 2 amide bonds. The summed E-state index contributed by atoms with van der Waals surface area (Å²) < 4.78 is 0. The highest BCUT2D eigenvalue weighted by Crippen LogP contribution is 2.15. The van der Waals surface area contributed by atoms with Crippen molar-refractivity contribution in [1.29, 1.82) is 0 Å². The molecular weight excluding hydrogens is 328 g/mol. The minimum absolute atomic E-state index is 0.229. The fourth-order valence-corrected chi connectivity index (χ4v) is 1.99. The van der Waals surface area contributed by atoms with Gasteiger partial charge in [-0.25, -0.2) is 0 Å². The number of carboxylic acid groups (broad SMARTS) is 1. The first-order valence-electron chi connectivity index (χ1n) is 7.65. The van der Waals surface area contributed by atoms with Gasteiger partial charge in [-0.1, -0.05) is 6.07 Å². The third-order valence-corrected chi connectivity index (χ3v) is 3.14. The van der Waals surface area contributed by atoms with Gasteiger partial charge in [0.2, 0.25) is 11.8 Å². The number of amides is 2. The number of nitrogens with two attached hydrogens (primary N) is 1. The molecule has 1 aromatic heterocycles. The quantitative estimate of drug-likeness (QED) is 0.114. The Morgan fingerprint density at radius 1 is 1.36 bits per heavy atom. The number of pyridine rings is 1. The van der Waals surface area contributed by atoms with Crippen molar-refractivity contribution in [2.24, 2.45) is 10.9 Å². The van der Waals surface area contributed by atoms with E-state index in [2.05, 4.69) is 26.0 Å². The molecule has 1 aromatic rings. The zero-order chi connectivity index (χ0) is 18.5. The number of carbonyl (C=O) groups is 3. The van der Waals surface area contributed by atoms with Gasteiger partial charge in [-0.15, -0.1) is 0 Å². The van der Waals surface area contributed by atoms with Crippen molar-refractivity contribution < 1.29 is 19.5 Å². The van der Waals surface area contributed by atoms with E-state index in [1.54, 1.807) is 18.3 Å². The van der Waals surface area contributed by atoms with Crippen LogP contribution in [0.15, 0.2) is 29.6 Å². The summed E-state index contributed by atoms with van der Waals surface area (Å²) in [5, 5.41) is 20.1. The maximum absolute atomic E-state index is 11.9. The molecule has 0 aromatic carbocycles. The Balaban J connectivity index is 2.39. The van der Waals surface area contributed by atoms with Crippen molar-refractivity contribution in [2.75, 3.05) is 13.1 Å². The van der Waals surface area contributed by atoms with E-state index in [9.17, 15) is 14.4 Å². The van der Waals surface area contributed by atoms with E-state index in [4.69, 9.17) is 10.9 Å². The summed E-state index contributed by atoms with van der Waals surface area (Å²) in [7, 11) is 0. The van der Waals surface area contributed by atoms with Gasteiger partial charge >= 0.3 is 5.97 Å². The molecule has 0 saturated heterocycles. The van der Waals surface area contributed by atoms with Gasteiger partial charge in [0.25, 0.3) is 0 Å². The van der Waals surface area contributed by atoms with Gasteiger partial charge in [0, 0.05) is 25.4 Å². The summed E-state index contributed by atoms with van der Waals surface area (Å²) in [6.45, 7) is 0.301. The van der Waals surface area contributed by atoms with Gasteiger partial charge in [-0.2, -0.15) is 5.10 Å². The topological polar surface area (TPSA) is 159 Å². The number of aromatic nitrogens is 1. The number of hydrogen-bond donors (Lipinski definition) is 5. The van der Waals surface area contributed by atoms with Crippen molar-refractivity contribution in [3.05, 3.63) is 30.1 Å². The SMILES string of the molecule is NN=CNCCCC(=O)NCC(=O)NC(CC(=O)O)c1cccnc1. The zero-order valence-electron chi connectivity index (χ0n) is 13.6. The first-order valence-corrected chi connectivity index (χ1v) is 7.65. The number of nitrogens with zero attached hydrogens (tertiary/aromatic N) is 2. The van der Waals surface area contributed by atoms with E-state index in [-0.39, 0.29) is 25.3 Å². The molecule has 10 heteroatoms. The molecule has 0 radical (unpaired) electrons. The molecule has 0 bridgehead atoms. The van der Waals surface area contributed by atoms with Crippen molar-refractivity contribution in [3.8, 4) is 0 Å². The molecule has 1 rings (SSSR count). The average molecular weight is 350 g/mol. The Labute approximate surface area is 144 Å². The van der Waals surface area contributed by atoms with Gasteiger partial charge in [-0.05, 0) is 18.1 Å². The Bertz CT molecular complexity index is 593. The van der Waals surface area contributed by atoms with Crippen molar-refractivity contribution in [3.63, 3.8) is 0 Å². The maximum Gasteiger partial charge on any atom is 0.305 e. The molecule has 1 unspecified atom stereocenters.